The molecule has 0 fully saturated rings. The van der Waals surface area contributed by atoms with E-state index in [1.54, 1.807) is 0 Å². The fourth-order valence-corrected chi connectivity index (χ4v) is 1.81. The Labute approximate surface area is 88.8 Å². The summed E-state index contributed by atoms with van der Waals surface area (Å²) in [6.07, 6.45) is 0. The van der Waals surface area contributed by atoms with Gasteiger partial charge in [-0.05, 0) is 24.5 Å². The van der Waals surface area contributed by atoms with Gasteiger partial charge in [0.25, 0.3) is 0 Å². The van der Waals surface area contributed by atoms with Gasteiger partial charge in [-0.1, -0.05) is 19.9 Å². The highest BCUT2D eigenvalue weighted by Crippen LogP contribution is 2.25. The van der Waals surface area contributed by atoms with Crippen molar-refractivity contribution in [2.24, 2.45) is 0 Å². The van der Waals surface area contributed by atoms with E-state index in [4.69, 9.17) is 0 Å². The van der Waals surface area contributed by atoms with Crippen molar-refractivity contribution in [3.63, 3.8) is 0 Å². The van der Waals surface area contributed by atoms with Crippen LogP contribution in [0.3, 0.4) is 0 Å². The summed E-state index contributed by atoms with van der Waals surface area (Å²) in [5.74, 6) is 1.20. The van der Waals surface area contributed by atoms with Crippen LogP contribution in [0.25, 0.3) is 11.0 Å². The first-order valence-corrected chi connectivity index (χ1v) is 5.02. The Morgan fingerprint density at radius 3 is 2.73 bits per heavy atom. The minimum Gasteiger partial charge on any atom is -0.342 e. The van der Waals surface area contributed by atoms with E-state index >= 15 is 0 Å². The van der Waals surface area contributed by atoms with Gasteiger partial charge in [-0.2, -0.15) is 5.26 Å². The molecule has 3 nitrogen and oxygen atoms in total. The molecule has 1 N–H and O–H groups in total. The third-order valence-corrected chi connectivity index (χ3v) is 2.54. The monoisotopic (exact) mass is 199 g/mol. The van der Waals surface area contributed by atoms with Gasteiger partial charge in [-0.3, -0.25) is 0 Å². The van der Waals surface area contributed by atoms with Gasteiger partial charge in [-0.15, -0.1) is 0 Å². The number of nitrogens with one attached hydrogen (secondary N) is 1. The minimum absolute atomic E-state index is 0.348. The molecule has 0 radical (unpaired) electrons. The maximum atomic E-state index is 9.17. The molecule has 1 heterocycles. The number of aryl methyl sites for hydroxylation is 1. The van der Waals surface area contributed by atoms with Crippen molar-refractivity contribution in [3.05, 3.63) is 29.1 Å². The van der Waals surface area contributed by atoms with E-state index in [9.17, 15) is 5.26 Å². The molecule has 2 rings (SSSR count). The lowest BCUT2D eigenvalue weighted by Crippen LogP contribution is -1.93. The number of benzene rings is 1. The summed E-state index contributed by atoms with van der Waals surface area (Å²) in [5, 5.41) is 9.17. The molecule has 0 spiro atoms. The Morgan fingerprint density at radius 1 is 1.40 bits per heavy atom. The van der Waals surface area contributed by atoms with Crippen LogP contribution >= 0.6 is 0 Å². The molecular formula is C12H13N3. The van der Waals surface area contributed by atoms with Gasteiger partial charge in [0, 0.05) is 0 Å². The first-order valence-electron chi connectivity index (χ1n) is 5.02. The van der Waals surface area contributed by atoms with Crippen LogP contribution in [0.5, 0.6) is 0 Å². The van der Waals surface area contributed by atoms with Gasteiger partial charge in [-0.25, -0.2) is 4.98 Å². The largest absolute Gasteiger partial charge is 0.342 e. The lowest BCUT2D eigenvalue weighted by atomic mass is 9.97. The van der Waals surface area contributed by atoms with Crippen LogP contribution in [-0.2, 0) is 0 Å². The Hall–Kier alpha value is -1.82. The average molecular weight is 199 g/mol. The molecule has 0 bridgehead atoms. The second-order valence-corrected chi connectivity index (χ2v) is 4.01. The summed E-state index contributed by atoms with van der Waals surface area (Å²) in [4.78, 5) is 7.49. The molecule has 0 saturated carbocycles. The van der Waals surface area contributed by atoms with E-state index in [0.717, 1.165) is 22.4 Å². The maximum Gasteiger partial charge on any atom is 0.107 e. The van der Waals surface area contributed by atoms with Gasteiger partial charge in [0.2, 0.25) is 0 Å². The molecule has 1 aromatic heterocycles. The molecule has 1 aromatic carbocycles. The number of aromatic nitrogens is 2. The summed E-state index contributed by atoms with van der Waals surface area (Å²) in [7, 11) is 0. The molecule has 3 heteroatoms. The van der Waals surface area contributed by atoms with E-state index < -0.39 is 0 Å². The molecule has 15 heavy (non-hydrogen) atoms. The normalized spacial score (nSPS) is 10.9. The van der Waals surface area contributed by atoms with E-state index in [1.165, 1.54) is 0 Å². The molecule has 0 unspecified atom stereocenters. The van der Waals surface area contributed by atoms with Crippen LogP contribution < -0.4 is 0 Å². The van der Waals surface area contributed by atoms with E-state index in [0.29, 0.717) is 11.5 Å². The Balaban J connectivity index is 2.82. The number of imidazole rings is 1. The summed E-state index contributed by atoms with van der Waals surface area (Å²) in [6, 6.07) is 6.25. The predicted molar refractivity (Wildman–Crippen MR) is 59.6 cm³/mol. The highest BCUT2D eigenvalue weighted by molar-refractivity contribution is 5.83. The SMILES string of the molecule is Cc1nc2c(C#N)c(C(C)C)ccc2[nH]1. The second-order valence-electron chi connectivity index (χ2n) is 4.01. The zero-order chi connectivity index (χ0) is 11.0. The van der Waals surface area contributed by atoms with Crippen molar-refractivity contribution in [1.82, 2.24) is 9.97 Å². The summed E-state index contributed by atoms with van der Waals surface area (Å²) >= 11 is 0. The first-order chi connectivity index (χ1) is 7.13. The lowest BCUT2D eigenvalue weighted by Gasteiger charge is -2.07. The Kier molecular flexibility index (Phi) is 2.20. The third kappa shape index (κ3) is 1.48. The zero-order valence-corrected chi connectivity index (χ0v) is 9.13. The molecule has 0 aliphatic heterocycles. The fourth-order valence-electron chi connectivity index (χ4n) is 1.81. The van der Waals surface area contributed by atoms with Crippen LogP contribution in [0.15, 0.2) is 12.1 Å². The average Bonchev–Trinajstić information content (AvgIpc) is 2.55. The van der Waals surface area contributed by atoms with E-state index in [1.807, 2.05) is 19.1 Å². The fraction of sp³-hybridized carbons (Fsp3) is 0.333. The van der Waals surface area contributed by atoms with Crippen molar-refractivity contribution >= 4 is 11.0 Å². The van der Waals surface area contributed by atoms with Crippen molar-refractivity contribution in [1.29, 1.82) is 5.26 Å². The van der Waals surface area contributed by atoms with Gasteiger partial charge < -0.3 is 4.98 Å². The number of nitriles is 1. The summed E-state index contributed by atoms with van der Waals surface area (Å²) < 4.78 is 0. The molecule has 0 atom stereocenters. The van der Waals surface area contributed by atoms with Crippen molar-refractivity contribution < 1.29 is 0 Å². The van der Waals surface area contributed by atoms with Crippen LogP contribution in [0.1, 0.15) is 36.7 Å². The molecule has 76 valence electrons. The predicted octanol–water partition coefficient (Wildman–Crippen LogP) is 2.87. The Morgan fingerprint density at radius 2 is 2.13 bits per heavy atom. The molecule has 0 aliphatic rings. The number of fused-ring (bicyclic) bond motifs is 1. The van der Waals surface area contributed by atoms with E-state index in [-0.39, 0.29) is 0 Å². The number of nitrogens with zero attached hydrogens (tertiary/aromatic N) is 2. The van der Waals surface area contributed by atoms with Crippen LogP contribution in [0.2, 0.25) is 0 Å². The number of H-pyrrole nitrogens is 1. The molecule has 0 aliphatic carbocycles. The standard InChI is InChI=1S/C12H13N3/c1-7(2)9-4-5-11-12(10(9)6-13)15-8(3)14-11/h4-5,7H,1-3H3,(H,14,15). The van der Waals surface area contributed by atoms with Gasteiger partial charge in [0.05, 0.1) is 11.1 Å². The quantitative estimate of drug-likeness (QED) is 0.767. The zero-order valence-electron chi connectivity index (χ0n) is 9.13. The second kappa shape index (κ2) is 3.39. The van der Waals surface area contributed by atoms with Crippen molar-refractivity contribution in [2.75, 3.05) is 0 Å². The number of hydrogen-bond donors (Lipinski definition) is 1. The smallest absolute Gasteiger partial charge is 0.107 e. The Bertz CT molecular complexity index is 544. The molecular weight excluding hydrogens is 186 g/mol. The van der Waals surface area contributed by atoms with Crippen LogP contribution in [0, 0.1) is 18.3 Å². The highest BCUT2D eigenvalue weighted by Gasteiger charge is 2.12. The number of hydrogen-bond acceptors (Lipinski definition) is 2. The minimum atomic E-state index is 0.348. The van der Waals surface area contributed by atoms with Crippen LogP contribution in [-0.4, -0.2) is 9.97 Å². The lowest BCUT2D eigenvalue weighted by molar-refractivity contribution is 0.864. The third-order valence-electron chi connectivity index (χ3n) is 2.54. The van der Waals surface area contributed by atoms with Crippen molar-refractivity contribution in [2.45, 2.75) is 26.7 Å². The van der Waals surface area contributed by atoms with Crippen LogP contribution in [0.4, 0.5) is 0 Å². The van der Waals surface area contributed by atoms with Gasteiger partial charge >= 0.3 is 0 Å². The summed E-state index contributed by atoms with van der Waals surface area (Å²) in [6.45, 7) is 6.07. The highest BCUT2D eigenvalue weighted by atomic mass is 14.9. The number of rotatable bonds is 1. The van der Waals surface area contributed by atoms with Gasteiger partial charge in [0.1, 0.15) is 17.4 Å². The van der Waals surface area contributed by atoms with Crippen molar-refractivity contribution in [3.8, 4) is 6.07 Å². The molecule has 2 aromatic rings. The number of aromatic amines is 1. The summed E-state index contributed by atoms with van der Waals surface area (Å²) in [5.41, 5.74) is 3.50. The van der Waals surface area contributed by atoms with E-state index in [2.05, 4.69) is 29.9 Å². The van der Waals surface area contributed by atoms with Gasteiger partial charge in [0.15, 0.2) is 0 Å². The molecule has 0 amide bonds. The molecule has 0 saturated heterocycles. The maximum absolute atomic E-state index is 9.17. The first kappa shape index (κ1) is 9.72. The topological polar surface area (TPSA) is 52.5 Å².